The summed E-state index contributed by atoms with van der Waals surface area (Å²) in [5, 5.41) is 0.167. The van der Waals surface area contributed by atoms with Crippen LogP contribution in [0.3, 0.4) is 0 Å². The van der Waals surface area contributed by atoms with E-state index in [2.05, 4.69) is 0 Å². The number of alkyl halides is 4. The molecule has 184 valence electrons. The van der Waals surface area contributed by atoms with Gasteiger partial charge in [0.25, 0.3) is 0 Å². The molecule has 8 atom stereocenters. The molecule has 34 heavy (non-hydrogen) atoms. The molecular formula is C21H14Cl8O5. The lowest BCUT2D eigenvalue weighted by molar-refractivity contribution is -0.176. The zero-order valence-corrected chi connectivity index (χ0v) is 22.9. The van der Waals surface area contributed by atoms with Gasteiger partial charge in [0.1, 0.15) is 25.3 Å². The molecule has 0 radical (unpaired) electrons. The molecule has 2 spiro atoms. The van der Waals surface area contributed by atoms with E-state index in [-0.39, 0.29) is 52.3 Å². The lowest BCUT2D eigenvalue weighted by Crippen LogP contribution is -2.58. The Bertz CT molecular complexity index is 1070. The highest BCUT2D eigenvalue weighted by Gasteiger charge is 2.91. The third-order valence-corrected chi connectivity index (χ3v) is 13.9. The van der Waals surface area contributed by atoms with Gasteiger partial charge >= 0.3 is 0 Å². The molecule has 13 heteroatoms. The van der Waals surface area contributed by atoms with Gasteiger partial charge in [-0.05, 0) is 0 Å². The normalized spacial score (nSPS) is 53.6. The predicted octanol–water partition coefficient (Wildman–Crippen LogP) is 5.42. The van der Waals surface area contributed by atoms with Gasteiger partial charge in [0.2, 0.25) is 11.6 Å². The van der Waals surface area contributed by atoms with E-state index in [1.807, 2.05) is 0 Å². The minimum Gasteiger partial charge on any atom is -0.344 e. The molecule has 0 aromatic rings. The lowest BCUT2D eigenvalue weighted by atomic mass is 9.72. The second kappa shape index (κ2) is 6.78. The number of hydrogen-bond donors (Lipinski definition) is 0. The van der Waals surface area contributed by atoms with Crippen molar-refractivity contribution in [3.63, 3.8) is 0 Å². The minimum atomic E-state index is -1.70. The van der Waals surface area contributed by atoms with Crippen molar-refractivity contribution in [2.75, 3.05) is 26.4 Å². The highest BCUT2D eigenvalue weighted by Crippen LogP contribution is 2.80. The molecule has 2 saturated heterocycles. The molecule has 0 unspecified atom stereocenters. The van der Waals surface area contributed by atoms with E-state index in [0.29, 0.717) is 0 Å². The van der Waals surface area contributed by atoms with E-state index in [1.165, 1.54) is 0 Å². The van der Waals surface area contributed by atoms with Gasteiger partial charge in [-0.15, -0.1) is 46.4 Å². The zero-order chi connectivity index (χ0) is 24.3. The Hall–Kier alpha value is 1.05. The van der Waals surface area contributed by atoms with Gasteiger partial charge in [-0.2, -0.15) is 0 Å². The fourth-order valence-electron chi connectivity index (χ4n) is 7.45. The van der Waals surface area contributed by atoms with Crippen molar-refractivity contribution in [3.05, 3.63) is 32.3 Å². The lowest BCUT2D eigenvalue weighted by Gasteiger charge is -2.41. The molecular weight excluding hydrogens is 616 g/mol. The van der Waals surface area contributed by atoms with Crippen LogP contribution in [-0.2, 0) is 23.7 Å². The van der Waals surface area contributed by atoms with Crippen molar-refractivity contribution in [2.24, 2.45) is 23.7 Å². The number of carbonyl (C=O) groups is 1. The molecule has 2 heterocycles. The number of carbonyl (C=O) groups excluding carboxylic acids is 1. The number of allylic oxidation sites excluding steroid dienone is 2. The highest BCUT2D eigenvalue weighted by molar-refractivity contribution is 6.54. The van der Waals surface area contributed by atoms with Crippen LogP contribution in [0.5, 0.6) is 0 Å². The van der Waals surface area contributed by atoms with Crippen LogP contribution in [0, 0.1) is 23.7 Å². The summed E-state index contributed by atoms with van der Waals surface area (Å²) >= 11 is 55.6. The van der Waals surface area contributed by atoms with Crippen LogP contribution in [0.25, 0.3) is 0 Å². The molecule has 2 aliphatic heterocycles. The van der Waals surface area contributed by atoms with Crippen LogP contribution in [0.15, 0.2) is 32.3 Å². The fraction of sp³-hybridized carbons (Fsp3) is 0.667. The van der Waals surface area contributed by atoms with Gasteiger partial charge in [0.15, 0.2) is 0 Å². The van der Waals surface area contributed by atoms with Gasteiger partial charge < -0.3 is 18.9 Å². The maximum Gasteiger partial charge on any atom is 0.219 e. The van der Waals surface area contributed by atoms with E-state index >= 15 is 0 Å². The number of fused-ring (bicyclic) bond motifs is 6. The maximum atomic E-state index is 14.6. The van der Waals surface area contributed by atoms with Gasteiger partial charge in [0.05, 0.1) is 58.4 Å². The van der Waals surface area contributed by atoms with E-state index in [1.54, 1.807) is 12.2 Å². The summed E-state index contributed by atoms with van der Waals surface area (Å²) in [6, 6.07) is 0. The summed E-state index contributed by atoms with van der Waals surface area (Å²) in [6.07, 6.45) is 3.52. The van der Waals surface area contributed by atoms with Crippen LogP contribution >= 0.6 is 92.8 Å². The van der Waals surface area contributed by atoms with Crippen molar-refractivity contribution >= 4 is 98.6 Å². The Morgan fingerprint density at radius 2 is 0.882 bits per heavy atom. The number of Topliss-reactive ketones (excluding diaryl/α,β-unsaturated/α-hetero) is 1. The van der Waals surface area contributed by atoms with Crippen LogP contribution in [0.1, 0.15) is 0 Å². The quantitative estimate of drug-likeness (QED) is 0.265. The summed E-state index contributed by atoms with van der Waals surface area (Å²) in [4.78, 5) is 8.07. The van der Waals surface area contributed by atoms with E-state index in [9.17, 15) is 4.79 Å². The Labute approximate surface area is 234 Å². The summed E-state index contributed by atoms with van der Waals surface area (Å²) in [7, 11) is 0. The average Bonchev–Trinajstić information content (AvgIpc) is 3.58. The van der Waals surface area contributed by atoms with Crippen molar-refractivity contribution in [1.29, 1.82) is 0 Å². The Balaban J connectivity index is 1.48. The topological polar surface area (TPSA) is 54.0 Å². The van der Waals surface area contributed by atoms with Gasteiger partial charge in [-0.25, -0.2) is 0 Å². The molecule has 0 amide bonds. The maximum absolute atomic E-state index is 14.6. The first kappa shape index (κ1) is 24.1. The Morgan fingerprint density at radius 1 is 0.588 bits per heavy atom. The molecule has 0 N–H and O–H groups in total. The molecule has 4 bridgehead atoms. The van der Waals surface area contributed by atoms with Gasteiger partial charge in [0, 0.05) is 11.8 Å². The molecule has 2 saturated carbocycles. The predicted molar refractivity (Wildman–Crippen MR) is 129 cm³/mol. The number of hydrogen-bond acceptors (Lipinski definition) is 5. The van der Waals surface area contributed by atoms with E-state index in [4.69, 9.17) is 112 Å². The first-order chi connectivity index (χ1) is 15.9. The first-order valence-corrected chi connectivity index (χ1v) is 13.6. The van der Waals surface area contributed by atoms with Crippen molar-refractivity contribution < 1.29 is 23.7 Å². The van der Waals surface area contributed by atoms with Crippen LogP contribution < -0.4 is 0 Å². The number of halogens is 8. The Morgan fingerprint density at radius 3 is 1.21 bits per heavy atom. The van der Waals surface area contributed by atoms with E-state index in [0.717, 1.165) is 0 Å². The second-order valence-electron chi connectivity index (χ2n) is 9.52. The summed E-state index contributed by atoms with van der Waals surface area (Å²) < 4.78 is 24.1. The third kappa shape index (κ3) is 1.95. The van der Waals surface area contributed by atoms with Crippen molar-refractivity contribution in [3.8, 4) is 0 Å². The number of ether oxygens (including phenoxy) is 4. The second-order valence-corrected chi connectivity index (χ2v) is 13.4. The average molecular weight is 630 g/mol. The molecule has 0 aromatic carbocycles. The molecule has 5 nitrogen and oxygen atoms in total. The largest absolute Gasteiger partial charge is 0.344 e. The van der Waals surface area contributed by atoms with Gasteiger partial charge in [-0.1, -0.05) is 58.6 Å². The molecule has 0 aromatic heterocycles. The van der Waals surface area contributed by atoms with Crippen molar-refractivity contribution in [1.82, 2.24) is 0 Å². The summed E-state index contributed by atoms with van der Waals surface area (Å²) in [5.74, 6) is -7.20. The fourth-order valence-corrected chi connectivity index (χ4v) is 11.6. The first-order valence-electron chi connectivity index (χ1n) is 10.6. The van der Waals surface area contributed by atoms with Crippen LogP contribution in [-0.4, -0.2) is 63.3 Å². The highest BCUT2D eigenvalue weighted by atomic mass is 35.5. The molecule has 7 rings (SSSR count). The SMILES string of the molecule is O=C1[C@@H]2[C@@H](C=C[C@H]3[C@H]1[C@]1(Cl)C(Cl)=C(Cl)[C@]3(Cl)C13OCCO3)[C@]1(Cl)C(Cl)=C(Cl)[C@]2(Cl)C12OCCO2. The molecule has 4 fully saturated rings. The van der Waals surface area contributed by atoms with Gasteiger partial charge in [-0.3, -0.25) is 4.79 Å². The van der Waals surface area contributed by atoms with E-state index < -0.39 is 54.7 Å². The standard InChI is InChI=1S/C21H14Cl8O5/c22-12-14(24)18(28)9-7(16(12,26)20(18)31-3-4-32-20)1-2-8-10(11(9)30)19(29)15(25)13(23)17(8,27)21(19)33-5-6-34-21/h1-2,7-10H,3-6H2/t7-,8+,9+,10-,16-,17-,18-,19-/m0/s1. The zero-order valence-electron chi connectivity index (χ0n) is 16.9. The Kier molecular flexibility index (Phi) is 4.81. The number of rotatable bonds is 0. The summed E-state index contributed by atoms with van der Waals surface area (Å²) in [5.41, 5.74) is 0. The minimum absolute atomic E-state index is 0.00398. The molecule has 7 aliphatic rings. The van der Waals surface area contributed by atoms with Crippen molar-refractivity contribution in [2.45, 2.75) is 31.1 Å². The smallest absolute Gasteiger partial charge is 0.219 e. The summed E-state index contributed by atoms with van der Waals surface area (Å²) in [6.45, 7) is 0.833. The monoisotopic (exact) mass is 626 g/mol. The van der Waals surface area contributed by atoms with Crippen LogP contribution in [0.4, 0.5) is 0 Å². The molecule has 5 aliphatic carbocycles. The third-order valence-electron chi connectivity index (χ3n) is 8.60. The van der Waals surface area contributed by atoms with Crippen LogP contribution in [0.2, 0.25) is 0 Å². The number of ketones is 1.